The van der Waals surface area contributed by atoms with Crippen LogP contribution in [0.15, 0.2) is 60.7 Å². The van der Waals surface area contributed by atoms with Crippen molar-refractivity contribution >= 4 is 41.5 Å². The number of benzene rings is 2. The Morgan fingerprint density at radius 1 is 1.15 bits per heavy atom. The third-order valence-corrected chi connectivity index (χ3v) is 6.63. The molecule has 1 aliphatic carbocycles. The van der Waals surface area contributed by atoms with Gasteiger partial charge in [0.2, 0.25) is 17.9 Å². The lowest BCUT2D eigenvalue weighted by Gasteiger charge is -2.25. The maximum Gasteiger partial charge on any atom is 0.429 e. The molecule has 0 amide bonds. The van der Waals surface area contributed by atoms with Crippen LogP contribution in [0.2, 0.25) is 5.02 Å². The largest absolute Gasteiger partial charge is 0.480 e. The van der Waals surface area contributed by atoms with Gasteiger partial charge in [0.05, 0.1) is 5.69 Å². The third-order valence-electron chi connectivity index (χ3n) is 6.39. The van der Waals surface area contributed by atoms with Gasteiger partial charge >= 0.3 is 12.1 Å². The highest BCUT2D eigenvalue weighted by molar-refractivity contribution is 6.30. The average Bonchev–Trinajstić information content (AvgIpc) is 2.87. The summed E-state index contributed by atoms with van der Waals surface area (Å²) >= 11 is 6.13. The fourth-order valence-corrected chi connectivity index (χ4v) is 4.69. The highest BCUT2D eigenvalue weighted by atomic mass is 35.5. The molecule has 1 heterocycles. The average molecular weight is 583 g/mol. The fourth-order valence-electron chi connectivity index (χ4n) is 4.52. The van der Waals surface area contributed by atoms with Crippen LogP contribution in [-0.4, -0.2) is 33.3 Å². The molecule has 0 fully saturated rings. The Morgan fingerprint density at radius 3 is 2.49 bits per heavy atom. The number of rotatable bonds is 8. The molecular formula is C27H27Cl2F3N4O3. The van der Waals surface area contributed by atoms with Crippen LogP contribution in [0.1, 0.15) is 43.0 Å². The molecule has 7 nitrogen and oxygen atoms in total. The van der Waals surface area contributed by atoms with Crippen molar-refractivity contribution in [2.24, 2.45) is 11.7 Å². The first-order chi connectivity index (χ1) is 18.0. The first-order valence-corrected chi connectivity index (χ1v) is 12.3. The number of aromatic nitrogens is 2. The monoisotopic (exact) mass is 582 g/mol. The van der Waals surface area contributed by atoms with Gasteiger partial charge in [-0.25, -0.2) is 4.98 Å². The number of carboxylic acids is 1. The van der Waals surface area contributed by atoms with E-state index in [2.05, 4.69) is 9.97 Å². The number of aliphatic carboxylic acids is 1. The van der Waals surface area contributed by atoms with Crippen LogP contribution in [0.5, 0.6) is 5.88 Å². The SMILES string of the molecule is Cl.Nc1nc(OC(c2ccc(Cl)cc2-c2ccccc2)C(F)(F)F)cc(C2=CCC(C[C@H](N)C(=O)O)CC2)n1. The number of anilines is 1. The number of alkyl halides is 3. The van der Waals surface area contributed by atoms with Gasteiger partial charge in [0.1, 0.15) is 6.04 Å². The highest BCUT2D eigenvalue weighted by Crippen LogP contribution is 2.42. The molecule has 0 bridgehead atoms. The number of hydrogen-bond donors (Lipinski definition) is 3. The van der Waals surface area contributed by atoms with Crippen molar-refractivity contribution in [2.45, 2.75) is 44.0 Å². The van der Waals surface area contributed by atoms with Crippen LogP contribution in [0.25, 0.3) is 16.7 Å². The predicted octanol–water partition coefficient (Wildman–Crippen LogP) is 6.47. The molecule has 0 saturated heterocycles. The summed E-state index contributed by atoms with van der Waals surface area (Å²) < 4.78 is 48.5. The number of hydrogen-bond acceptors (Lipinski definition) is 6. The molecule has 39 heavy (non-hydrogen) atoms. The van der Waals surface area contributed by atoms with E-state index in [0.29, 0.717) is 36.9 Å². The number of allylic oxidation sites excluding steroid dienone is 2. The van der Waals surface area contributed by atoms with Crippen LogP contribution in [0.3, 0.4) is 0 Å². The molecule has 0 radical (unpaired) electrons. The van der Waals surface area contributed by atoms with Crippen molar-refractivity contribution in [3.8, 4) is 17.0 Å². The summed E-state index contributed by atoms with van der Waals surface area (Å²) in [4.78, 5) is 19.1. The van der Waals surface area contributed by atoms with Crippen molar-refractivity contribution in [3.05, 3.63) is 77.0 Å². The quantitative estimate of drug-likeness (QED) is 0.278. The second-order valence-corrected chi connectivity index (χ2v) is 9.57. The highest BCUT2D eigenvalue weighted by Gasteiger charge is 2.44. The van der Waals surface area contributed by atoms with E-state index in [-0.39, 0.29) is 46.3 Å². The number of nitrogen functional groups attached to an aromatic ring is 1. The Bertz CT molecular complexity index is 1340. The Morgan fingerprint density at radius 2 is 1.87 bits per heavy atom. The standard InChI is InChI=1S/C27H26ClF3N4O3.ClH/c28-18-10-11-19(20(13-18)16-4-2-1-3-5-16)24(27(29,30)31)38-23-14-22(34-26(33)35-23)17-8-6-15(7-9-17)12-21(32)25(36)37;/h1-5,8,10-11,13-15,21,24H,6-7,9,12,32H2,(H,36,37)(H2,33,34,35);1H/t15?,21-,24?;/m0./s1. The fraction of sp³-hybridized carbons (Fsp3) is 0.296. The molecule has 0 spiro atoms. The summed E-state index contributed by atoms with van der Waals surface area (Å²) in [7, 11) is 0. The van der Waals surface area contributed by atoms with E-state index in [1.165, 1.54) is 24.3 Å². The molecule has 2 unspecified atom stereocenters. The summed E-state index contributed by atoms with van der Waals surface area (Å²) in [5, 5.41) is 9.32. The Hall–Kier alpha value is -3.34. The minimum atomic E-state index is -4.78. The lowest BCUT2D eigenvalue weighted by atomic mass is 9.84. The van der Waals surface area contributed by atoms with Crippen LogP contribution in [0.4, 0.5) is 19.1 Å². The zero-order valence-electron chi connectivity index (χ0n) is 20.6. The van der Waals surface area contributed by atoms with Gasteiger partial charge in [-0.1, -0.05) is 54.1 Å². The van der Waals surface area contributed by atoms with E-state index in [4.69, 9.17) is 32.9 Å². The smallest absolute Gasteiger partial charge is 0.429 e. The lowest BCUT2D eigenvalue weighted by Crippen LogP contribution is -2.32. The van der Waals surface area contributed by atoms with Gasteiger partial charge < -0.3 is 21.3 Å². The maximum atomic E-state index is 14.4. The number of nitrogens with zero attached hydrogens (tertiary/aromatic N) is 2. The molecule has 2 aromatic carbocycles. The molecular weight excluding hydrogens is 556 g/mol. The van der Waals surface area contributed by atoms with Crippen molar-refractivity contribution in [1.29, 1.82) is 0 Å². The van der Waals surface area contributed by atoms with E-state index < -0.39 is 24.3 Å². The Balaban J connectivity index is 0.00000420. The van der Waals surface area contributed by atoms with Crippen molar-refractivity contribution in [3.63, 3.8) is 0 Å². The van der Waals surface area contributed by atoms with Crippen LogP contribution < -0.4 is 16.2 Å². The Labute approximate surface area is 234 Å². The minimum absolute atomic E-state index is 0. The maximum absolute atomic E-state index is 14.4. The second-order valence-electron chi connectivity index (χ2n) is 9.14. The number of ether oxygens (including phenoxy) is 1. The number of carboxylic acid groups (broad SMARTS) is 1. The first-order valence-electron chi connectivity index (χ1n) is 11.9. The molecule has 3 aromatic rings. The molecule has 208 valence electrons. The molecule has 4 rings (SSSR count). The predicted molar refractivity (Wildman–Crippen MR) is 146 cm³/mol. The van der Waals surface area contributed by atoms with Gasteiger partial charge in [-0.15, -0.1) is 12.4 Å². The second kappa shape index (κ2) is 12.7. The summed E-state index contributed by atoms with van der Waals surface area (Å²) in [6.45, 7) is 0. The summed E-state index contributed by atoms with van der Waals surface area (Å²) in [5.74, 6) is -1.52. The summed E-state index contributed by atoms with van der Waals surface area (Å²) in [5.41, 5.74) is 13.3. The van der Waals surface area contributed by atoms with Crippen LogP contribution >= 0.6 is 24.0 Å². The molecule has 12 heteroatoms. The van der Waals surface area contributed by atoms with Gasteiger partial charge in [0.25, 0.3) is 0 Å². The van der Waals surface area contributed by atoms with E-state index >= 15 is 0 Å². The number of carbonyl (C=O) groups is 1. The van der Waals surface area contributed by atoms with Crippen molar-refractivity contribution < 1.29 is 27.8 Å². The van der Waals surface area contributed by atoms with E-state index in [1.54, 1.807) is 30.3 Å². The molecule has 3 atom stereocenters. The lowest BCUT2D eigenvalue weighted by molar-refractivity contribution is -0.198. The Kier molecular flexibility index (Phi) is 9.82. The summed E-state index contributed by atoms with van der Waals surface area (Å²) in [6.07, 6.45) is -3.17. The van der Waals surface area contributed by atoms with Gasteiger partial charge in [-0.05, 0) is 60.4 Å². The van der Waals surface area contributed by atoms with Crippen molar-refractivity contribution in [2.75, 3.05) is 5.73 Å². The van der Waals surface area contributed by atoms with Gasteiger partial charge in [-0.3, -0.25) is 4.79 Å². The van der Waals surface area contributed by atoms with Crippen LogP contribution in [-0.2, 0) is 4.79 Å². The number of nitrogens with two attached hydrogens (primary N) is 2. The van der Waals surface area contributed by atoms with E-state index in [1.807, 2.05) is 6.08 Å². The normalized spacial score (nSPS) is 16.9. The minimum Gasteiger partial charge on any atom is -0.480 e. The van der Waals surface area contributed by atoms with Gasteiger partial charge in [0, 0.05) is 16.7 Å². The molecule has 0 aliphatic heterocycles. The van der Waals surface area contributed by atoms with E-state index in [9.17, 15) is 18.0 Å². The summed E-state index contributed by atoms with van der Waals surface area (Å²) in [6, 6.07) is 13.1. The molecule has 0 saturated carbocycles. The third kappa shape index (κ3) is 7.62. The zero-order chi connectivity index (χ0) is 27.4. The molecule has 5 N–H and O–H groups in total. The van der Waals surface area contributed by atoms with Gasteiger partial charge in [0.15, 0.2) is 0 Å². The zero-order valence-corrected chi connectivity index (χ0v) is 22.1. The van der Waals surface area contributed by atoms with E-state index in [0.717, 1.165) is 5.57 Å². The van der Waals surface area contributed by atoms with Crippen molar-refractivity contribution in [1.82, 2.24) is 9.97 Å². The number of halogens is 5. The molecule has 1 aliphatic rings. The topological polar surface area (TPSA) is 124 Å². The van der Waals surface area contributed by atoms with Gasteiger partial charge in [-0.2, -0.15) is 18.2 Å². The first kappa shape index (κ1) is 30.2. The van der Waals surface area contributed by atoms with Crippen LogP contribution in [0, 0.1) is 5.92 Å². The molecule has 1 aromatic heterocycles.